The molecule has 0 aliphatic carbocycles. The molecule has 0 saturated carbocycles. The van der Waals surface area contributed by atoms with Gasteiger partial charge < -0.3 is 10.0 Å². The van der Waals surface area contributed by atoms with Gasteiger partial charge in [-0.15, -0.1) is 0 Å². The van der Waals surface area contributed by atoms with Crippen molar-refractivity contribution >= 4 is 5.91 Å². The lowest BCUT2D eigenvalue weighted by atomic mass is 9.88. The summed E-state index contributed by atoms with van der Waals surface area (Å²) < 4.78 is 0. The molecule has 0 unspecified atom stereocenters. The van der Waals surface area contributed by atoms with Crippen LogP contribution in [-0.2, 0) is 4.79 Å². The summed E-state index contributed by atoms with van der Waals surface area (Å²) in [4.78, 5) is 13.7. The highest BCUT2D eigenvalue weighted by atomic mass is 16.3. The monoisotopic (exact) mass is 305 g/mol. The van der Waals surface area contributed by atoms with Crippen molar-refractivity contribution in [1.82, 2.24) is 4.90 Å². The predicted octanol–water partition coefficient (Wildman–Crippen LogP) is 2.41. The Balaban J connectivity index is 1.86. The molecule has 2 aromatic rings. The SMILES string of the molecule is CN1C(=O)C[C@H](c2ccccc2)[C@@H]1[C@H](O)C#Cc1ccccc1. The Bertz CT molecular complexity index is 730. The molecule has 1 fully saturated rings. The van der Waals surface area contributed by atoms with Gasteiger partial charge in [-0.25, -0.2) is 0 Å². The number of hydrogen-bond donors (Lipinski definition) is 1. The van der Waals surface area contributed by atoms with Crippen LogP contribution in [0.3, 0.4) is 0 Å². The minimum Gasteiger partial charge on any atom is -0.378 e. The van der Waals surface area contributed by atoms with Gasteiger partial charge in [-0.2, -0.15) is 0 Å². The molecular formula is C20H19NO2. The van der Waals surface area contributed by atoms with Crippen LogP contribution < -0.4 is 0 Å². The van der Waals surface area contributed by atoms with E-state index in [1.165, 1.54) is 0 Å². The summed E-state index contributed by atoms with van der Waals surface area (Å²) in [6.45, 7) is 0. The van der Waals surface area contributed by atoms with Crippen molar-refractivity contribution in [3.05, 3.63) is 71.8 Å². The molecule has 3 rings (SSSR count). The van der Waals surface area contributed by atoms with Crippen LogP contribution in [0.2, 0.25) is 0 Å². The smallest absolute Gasteiger partial charge is 0.223 e. The molecule has 3 atom stereocenters. The fourth-order valence-corrected chi connectivity index (χ4v) is 3.10. The Morgan fingerprint density at radius 1 is 1.09 bits per heavy atom. The molecule has 2 aromatic carbocycles. The molecule has 1 N–H and O–H groups in total. The maximum absolute atomic E-state index is 12.1. The number of aliphatic hydroxyl groups is 1. The van der Waals surface area contributed by atoms with Gasteiger partial charge in [-0.3, -0.25) is 4.79 Å². The van der Waals surface area contributed by atoms with E-state index in [1.54, 1.807) is 11.9 Å². The molecule has 3 nitrogen and oxygen atoms in total. The zero-order valence-electron chi connectivity index (χ0n) is 13.0. The first-order chi connectivity index (χ1) is 11.2. The molecule has 1 heterocycles. The van der Waals surface area contributed by atoms with Crippen molar-refractivity contribution in [1.29, 1.82) is 0 Å². The number of amides is 1. The molecule has 1 saturated heterocycles. The molecular weight excluding hydrogens is 286 g/mol. The van der Waals surface area contributed by atoms with Crippen molar-refractivity contribution in [2.24, 2.45) is 0 Å². The second-order valence-electron chi connectivity index (χ2n) is 5.80. The summed E-state index contributed by atoms with van der Waals surface area (Å²) in [5.41, 5.74) is 1.92. The van der Waals surface area contributed by atoms with Crippen LogP contribution in [0.4, 0.5) is 0 Å². The molecule has 1 aliphatic rings. The van der Waals surface area contributed by atoms with Crippen molar-refractivity contribution < 1.29 is 9.90 Å². The molecule has 1 aliphatic heterocycles. The van der Waals surface area contributed by atoms with Gasteiger partial charge in [-0.05, 0) is 17.7 Å². The third-order valence-corrected chi connectivity index (χ3v) is 4.34. The molecule has 0 spiro atoms. The number of rotatable bonds is 2. The lowest BCUT2D eigenvalue weighted by Gasteiger charge is -2.27. The van der Waals surface area contributed by atoms with Gasteiger partial charge in [0.25, 0.3) is 0 Å². The van der Waals surface area contributed by atoms with E-state index in [4.69, 9.17) is 0 Å². The van der Waals surface area contributed by atoms with Crippen LogP contribution in [0.25, 0.3) is 0 Å². The highest BCUT2D eigenvalue weighted by Crippen LogP contribution is 2.35. The van der Waals surface area contributed by atoms with E-state index >= 15 is 0 Å². The maximum atomic E-state index is 12.1. The summed E-state index contributed by atoms with van der Waals surface area (Å²) in [6, 6.07) is 19.1. The van der Waals surface area contributed by atoms with Crippen LogP contribution in [0, 0.1) is 11.8 Å². The third kappa shape index (κ3) is 3.28. The zero-order chi connectivity index (χ0) is 16.2. The Labute approximate surface area is 136 Å². The minimum absolute atomic E-state index is 0.0335. The molecule has 116 valence electrons. The van der Waals surface area contributed by atoms with Gasteiger partial charge in [0.1, 0.15) is 6.10 Å². The number of hydrogen-bond acceptors (Lipinski definition) is 2. The summed E-state index contributed by atoms with van der Waals surface area (Å²) in [5.74, 6) is 5.91. The number of likely N-dealkylation sites (tertiary alicyclic amines) is 1. The van der Waals surface area contributed by atoms with E-state index in [0.717, 1.165) is 11.1 Å². The van der Waals surface area contributed by atoms with Gasteiger partial charge in [0.15, 0.2) is 0 Å². The highest BCUT2D eigenvalue weighted by Gasteiger charge is 2.41. The second-order valence-corrected chi connectivity index (χ2v) is 5.80. The maximum Gasteiger partial charge on any atom is 0.223 e. The normalized spacial score (nSPS) is 21.7. The first-order valence-corrected chi connectivity index (χ1v) is 7.72. The van der Waals surface area contributed by atoms with E-state index in [0.29, 0.717) is 6.42 Å². The van der Waals surface area contributed by atoms with E-state index in [9.17, 15) is 9.90 Å². The van der Waals surface area contributed by atoms with Crippen LogP contribution >= 0.6 is 0 Å². The van der Waals surface area contributed by atoms with Gasteiger partial charge in [-0.1, -0.05) is 60.4 Å². The molecule has 23 heavy (non-hydrogen) atoms. The van der Waals surface area contributed by atoms with Crippen molar-refractivity contribution in [3.8, 4) is 11.8 Å². The Morgan fingerprint density at radius 2 is 1.70 bits per heavy atom. The summed E-state index contributed by atoms with van der Waals surface area (Å²) in [5, 5.41) is 10.6. The van der Waals surface area contributed by atoms with Crippen LogP contribution in [0.1, 0.15) is 23.5 Å². The number of carbonyl (C=O) groups excluding carboxylic acids is 1. The second kappa shape index (κ2) is 6.68. The zero-order valence-corrected chi connectivity index (χ0v) is 13.0. The number of benzene rings is 2. The Morgan fingerprint density at radius 3 is 2.35 bits per heavy atom. The Hall–Kier alpha value is -2.57. The third-order valence-electron chi connectivity index (χ3n) is 4.34. The lowest BCUT2D eigenvalue weighted by molar-refractivity contribution is -0.128. The van der Waals surface area contributed by atoms with E-state index in [-0.39, 0.29) is 17.9 Å². The standard InChI is InChI=1S/C20H19NO2/c1-21-19(23)14-17(16-10-6-3-7-11-16)20(21)18(22)13-12-15-8-4-2-5-9-15/h2-11,17-18,20,22H,14H2,1H3/t17-,18-,20-/m1/s1. The van der Waals surface area contributed by atoms with Gasteiger partial charge in [0.2, 0.25) is 5.91 Å². The summed E-state index contributed by atoms with van der Waals surface area (Å²) >= 11 is 0. The first-order valence-electron chi connectivity index (χ1n) is 7.72. The van der Waals surface area contributed by atoms with Crippen LogP contribution in [0.5, 0.6) is 0 Å². The summed E-state index contributed by atoms with van der Waals surface area (Å²) in [6.07, 6.45) is -0.466. The van der Waals surface area contributed by atoms with Gasteiger partial charge in [0, 0.05) is 24.9 Å². The Kier molecular flexibility index (Phi) is 4.45. The fourth-order valence-electron chi connectivity index (χ4n) is 3.10. The van der Waals surface area contributed by atoms with Crippen molar-refractivity contribution in [2.45, 2.75) is 24.5 Å². The fraction of sp³-hybridized carbons (Fsp3) is 0.250. The molecule has 0 radical (unpaired) electrons. The van der Waals surface area contributed by atoms with Gasteiger partial charge >= 0.3 is 0 Å². The van der Waals surface area contributed by atoms with Crippen molar-refractivity contribution in [3.63, 3.8) is 0 Å². The van der Waals surface area contributed by atoms with Gasteiger partial charge in [0.05, 0.1) is 6.04 Å². The summed E-state index contributed by atoms with van der Waals surface area (Å²) in [7, 11) is 1.74. The van der Waals surface area contributed by atoms with Crippen LogP contribution in [-0.4, -0.2) is 35.1 Å². The quantitative estimate of drug-likeness (QED) is 0.866. The molecule has 0 aromatic heterocycles. The molecule has 1 amide bonds. The van der Waals surface area contributed by atoms with E-state index in [2.05, 4.69) is 11.8 Å². The number of carbonyl (C=O) groups is 1. The van der Waals surface area contributed by atoms with E-state index in [1.807, 2.05) is 60.7 Å². The first kappa shape index (κ1) is 15.3. The average molecular weight is 305 g/mol. The minimum atomic E-state index is -0.878. The molecule has 0 bridgehead atoms. The lowest BCUT2D eigenvalue weighted by Crippen LogP contribution is -2.40. The predicted molar refractivity (Wildman–Crippen MR) is 89.7 cm³/mol. The van der Waals surface area contributed by atoms with E-state index < -0.39 is 6.10 Å². The largest absolute Gasteiger partial charge is 0.378 e. The van der Waals surface area contributed by atoms with Crippen LogP contribution in [0.15, 0.2) is 60.7 Å². The highest BCUT2D eigenvalue weighted by molar-refractivity contribution is 5.80. The average Bonchev–Trinajstić information content (AvgIpc) is 2.90. The number of aliphatic hydroxyl groups excluding tert-OH is 1. The number of nitrogens with zero attached hydrogens (tertiary/aromatic N) is 1. The molecule has 3 heteroatoms. The number of likely N-dealkylation sites (N-methyl/N-ethyl adjacent to an activating group) is 1. The topological polar surface area (TPSA) is 40.5 Å². The van der Waals surface area contributed by atoms with Crippen molar-refractivity contribution in [2.75, 3.05) is 7.05 Å².